The SMILES string of the molecule is CNCCNC(=O)CC1CCCc2cc(OC)ccc21. The number of rotatable bonds is 6. The van der Waals surface area contributed by atoms with E-state index < -0.39 is 0 Å². The molecule has 1 aliphatic rings. The third-order valence-electron chi connectivity index (χ3n) is 3.92. The van der Waals surface area contributed by atoms with Crippen LogP contribution in [0, 0.1) is 0 Å². The zero-order valence-corrected chi connectivity index (χ0v) is 12.4. The number of aryl methyl sites for hydroxylation is 1. The second-order valence-corrected chi connectivity index (χ2v) is 5.31. The molecule has 4 nitrogen and oxygen atoms in total. The summed E-state index contributed by atoms with van der Waals surface area (Å²) in [4.78, 5) is 12.0. The highest BCUT2D eigenvalue weighted by Gasteiger charge is 2.22. The predicted molar refractivity (Wildman–Crippen MR) is 80.2 cm³/mol. The maximum absolute atomic E-state index is 12.0. The Bertz CT molecular complexity index is 460. The summed E-state index contributed by atoms with van der Waals surface area (Å²) in [6.45, 7) is 1.50. The molecule has 0 heterocycles. The first-order chi connectivity index (χ1) is 9.74. The highest BCUT2D eigenvalue weighted by atomic mass is 16.5. The summed E-state index contributed by atoms with van der Waals surface area (Å²) in [5.74, 6) is 1.40. The Morgan fingerprint density at radius 3 is 3.00 bits per heavy atom. The van der Waals surface area contributed by atoms with Crippen molar-refractivity contribution in [1.82, 2.24) is 10.6 Å². The average molecular weight is 276 g/mol. The van der Waals surface area contributed by atoms with Gasteiger partial charge in [0.1, 0.15) is 5.75 Å². The summed E-state index contributed by atoms with van der Waals surface area (Å²) in [6, 6.07) is 6.23. The first-order valence-corrected chi connectivity index (χ1v) is 7.32. The molecule has 1 aromatic rings. The van der Waals surface area contributed by atoms with Gasteiger partial charge in [-0.2, -0.15) is 0 Å². The summed E-state index contributed by atoms with van der Waals surface area (Å²) in [5, 5.41) is 5.98. The lowest BCUT2D eigenvalue weighted by Crippen LogP contribution is -2.31. The topological polar surface area (TPSA) is 50.4 Å². The number of nitrogens with one attached hydrogen (secondary N) is 2. The fourth-order valence-corrected chi connectivity index (χ4v) is 2.85. The molecule has 0 fully saturated rings. The van der Waals surface area contributed by atoms with Crippen molar-refractivity contribution in [2.75, 3.05) is 27.2 Å². The number of carbonyl (C=O) groups is 1. The van der Waals surface area contributed by atoms with E-state index in [0.29, 0.717) is 18.9 Å². The lowest BCUT2D eigenvalue weighted by atomic mass is 9.81. The van der Waals surface area contributed by atoms with Crippen molar-refractivity contribution in [1.29, 1.82) is 0 Å². The van der Waals surface area contributed by atoms with Gasteiger partial charge in [-0.25, -0.2) is 0 Å². The first kappa shape index (κ1) is 14.9. The van der Waals surface area contributed by atoms with Crippen LogP contribution in [0.15, 0.2) is 18.2 Å². The molecular weight excluding hydrogens is 252 g/mol. The Morgan fingerprint density at radius 1 is 1.40 bits per heavy atom. The minimum Gasteiger partial charge on any atom is -0.497 e. The van der Waals surface area contributed by atoms with Gasteiger partial charge in [-0.05, 0) is 55.5 Å². The Hall–Kier alpha value is -1.55. The third-order valence-corrected chi connectivity index (χ3v) is 3.92. The Balaban J connectivity index is 1.99. The summed E-state index contributed by atoms with van der Waals surface area (Å²) in [5.41, 5.74) is 2.66. The number of ether oxygens (including phenoxy) is 1. The van der Waals surface area contributed by atoms with E-state index in [2.05, 4.69) is 22.8 Å². The van der Waals surface area contributed by atoms with E-state index in [0.717, 1.165) is 31.6 Å². The molecule has 1 amide bonds. The van der Waals surface area contributed by atoms with Gasteiger partial charge in [0, 0.05) is 19.5 Å². The standard InChI is InChI=1S/C16H24N2O2/c1-17-8-9-18-16(19)11-13-5-3-4-12-10-14(20-2)6-7-15(12)13/h6-7,10,13,17H,3-5,8-9,11H2,1-2H3,(H,18,19). The van der Waals surface area contributed by atoms with E-state index in [-0.39, 0.29) is 5.91 Å². The summed E-state index contributed by atoms with van der Waals surface area (Å²) in [7, 11) is 3.58. The molecule has 110 valence electrons. The molecule has 1 unspecified atom stereocenters. The Kier molecular flexibility index (Phi) is 5.41. The fraction of sp³-hybridized carbons (Fsp3) is 0.562. The molecule has 0 saturated carbocycles. The number of methoxy groups -OCH3 is 1. The number of hydrogen-bond donors (Lipinski definition) is 2. The second kappa shape index (κ2) is 7.29. The summed E-state index contributed by atoms with van der Waals surface area (Å²) >= 11 is 0. The van der Waals surface area contributed by atoms with Crippen molar-refractivity contribution in [3.05, 3.63) is 29.3 Å². The van der Waals surface area contributed by atoms with Crippen molar-refractivity contribution in [2.45, 2.75) is 31.6 Å². The predicted octanol–water partition coefficient (Wildman–Crippen LogP) is 1.84. The van der Waals surface area contributed by atoms with Crippen molar-refractivity contribution < 1.29 is 9.53 Å². The number of benzene rings is 1. The van der Waals surface area contributed by atoms with Crippen molar-refractivity contribution in [3.8, 4) is 5.75 Å². The van der Waals surface area contributed by atoms with Crippen molar-refractivity contribution in [3.63, 3.8) is 0 Å². The van der Waals surface area contributed by atoms with E-state index in [1.807, 2.05) is 13.1 Å². The molecule has 0 aromatic heterocycles. The van der Waals surface area contributed by atoms with Gasteiger partial charge in [0.2, 0.25) is 5.91 Å². The number of amides is 1. The van der Waals surface area contributed by atoms with Crippen LogP contribution >= 0.6 is 0 Å². The smallest absolute Gasteiger partial charge is 0.220 e. The molecule has 2 N–H and O–H groups in total. The van der Waals surface area contributed by atoms with Gasteiger partial charge in [0.25, 0.3) is 0 Å². The van der Waals surface area contributed by atoms with Crippen LogP contribution < -0.4 is 15.4 Å². The normalized spacial score (nSPS) is 17.4. The van der Waals surface area contributed by atoms with E-state index in [1.54, 1.807) is 7.11 Å². The van der Waals surface area contributed by atoms with Crippen LogP contribution in [0.5, 0.6) is 5.75 Å². The quantitative estimate of drug-likeness (QED) is 0.780. The molecule has 0 bridgehead atoms. The minimum absolute atomic E-state index is 0.147. The number of fused-ring (bicyclic) bond motifs is 1. The van der Waals surface area contributed by atoms with Crippen LogP contribution in [0.2, 0.25) is 0 Å². The van der Waals surface area contributed by atoms with E-state index in [4.69, 9.17) is 4.74 Å². The molecule has 0 aliphatic heterocycles. The van der Waals surface area contributed by atoms with Gasteiger partial charge in [-0.15, -0.1) is 0 Å². The largest absolute Gasteiger partial charge is 0.497 e. The number of hydrogen-bond acceptors (Lipinski definition) is 3. The van der Waals surface area contributed by atoms with Crippen molar-refractivity contribution in [2.24, 2.45) is 0 Å². The molecule has 1 aromatic carbocycles. The highest BCUT2D eigenvalue weighted by Crippen LogP contribution is 2.35. The first-order valence-electron chi connectivity index (χ1n) is 7.32. The fourth-order valence-electron chi connectivity index (χ4n) is 2.85. The number of carbonyl (C=O) groups excluding carboxylic acids is 1. The van der Waals surface area contributed by atoms with Crippen molar-refractivity contribution >= 4 is 5.91 Å². The monoisotopic (exact) mass is 276 g/mol. The molecule has 0 saturated heterocycles. The molecule has 1 aliphatic carbocycles. The van der Waals surface area contributed by atoms with E-state index in [9.17, 15) is 4.79 Å². The van der Waals surface area contributed by atoms with Crippen LogP contribution in [-0.2, 0) is 11.2 Å². The van der Waals surface area contributed by atoms with Gasteiger partial charge in [-0.3, -0.25) is 4.79 Å². The molecule has 2 rings (SSSR count). The van der Waals surface area contributed by atoms with Crippen LogP contribution in [0.25, 0.3) is 0 Å². The number of likely N-dealkylation sites (N-methyl/N-ethyl adjacent to an activating group) is 1. The van der Waals surface area contributed by atoms with Gasteiger partial charge in [0.15, 0.2) is 0 Å². The van der Waals surface area contributed by atoms with Gasteiger partial charge in [-0.1, -0.05) is 6.07 Å². The summed E-state index contributed by atoms with van der Waals surface area (Å²) < 4.78 is 5.28. The lowest BCUT2D eigenvalue weighted by molar-refractivity contribution is -0.121. The molecule has 20 heavy (non-hydrogen) atoms. The lowest BCUT2D eigenvalue weighted by Gasteiger charge is -2.25. The van der Waals surface area contributed by atoms with Crippen LogP contribution in [0.4, 0.5) is 0 Å². The van der Waals surface area contributed by atoms with E-state index >= 15 is 0 Å². The zero-order valence-electron chi connectivity index (χ0n) is 12.4. The third kappa shape index (κ3) is 3.73. The zero-order chi connectivity index (χ0) is 14.4. The Morgan fingerprint density at radius 2 is 2.25 bits per heavy atom. The Labute approximate surface area is 120 Å². The van der Waals surface area contributed by atoms with Gasteiger partial charge >= 0.3 is 0 Å². The van der Waals surface area contributed by atoms with E-state index in [1.165, 1.54) is 11.1 Å². The molecule has 1 atom stereocenters. The minimum atomic E-state index is 0.147. The molecule has 0 spiro atoms. The molecule has 4 heteroatoms. The van der Waals surface area contributed by atoms with Gasteiger partial charge < -0.3 is 15.4 Å². The van der Waals surface area contributed by atoms with Crippen LogP contribution in [0.3, 0.4) is 0 Å². The summed E-state index contributed by atoms with van der Waals surface area (Å²) in [6.07, 6.45) is 3.92. The molecule has 0 radical (unpaired) electrons. The van der Waals surface area contributed by atoms with Crippen LogP contribution in [-0.4, -0.2) is 33.2 Å². The second-order valence-electron chi connectivity index (χ2n) is 5.31. The van der Waals surface area contributed by atoms with Gasteiger partial charge in [0.05, 0.1) is 7.11 Å². The maximum Gasteiger partial charge on any atom is 0.220 e. The maximum atomic E-state index is 12.0. The molecular formula is C16H24N2O2. The van der Waals surface area contributed by atoms with Crippen LogP contribution in [0.1, 0.15) is 36.3 Å². The average Bonchev–Trinajstić information content (AvgIpc) is 2.47. The highest BCUT2D eigenvalue weighted by molar-refractivity contribution is 5.77.